The van der Waals surface area contributed by atoms with Crippen LogP contribution in [0, 0.1) is 24.2 Å². The number of benzene rings is 2. The Bertz CT molecular complexity index is 985. The molecule has 0 aliphatic carbocycles. The van der Waals surface area contributed by atoms with Gasteiger partial charge in [0.05, 0.1) is 11.0 Å². The lowest BCUT2D eigenvalue weighted by atomic mass is 9.94. The largest absolute Gasteiger partial charge is 0.243 e. The van der Waals surface area contributed by atoms with Gasteiger partial charge in [0.2, 0.25) is 10.0 Å². The fourth-order valence-electron chi connectivity index (χ4n) is 3.06. The second-order valence-corrected chi connectivity index (χ2v) is 8.37. The molecule has 0 spiro atoms. The number of rotatable bonds is 4. The maximum Gasteiger partial charge on any atom is 0.243 e. The van der Waals surface area contributed by atoms with Crippen molar-refractivity contribution in [3.63, 3.8) is 0 Å². The van der Waals surface area contributed by atoms with Crippen LogP contribution >= 0.6 is 0 Å². The molecule has 1 heterocycles. The summed E-state index contributed by atoms with van der Waals surface area (Å²) in [5, 5.41) is 9.27. The normalized spacial score (nSPS) is 19.4. The van der Waals surface area contributed by atoms with E-state index < -0.39 is 10.0 Å². The van der Waals surface area contributed by atoms with Crippen molar-refractivity contribution in [3.8, 4) is 6.07 Å². The summed E-state index contributed by atoms with van der Waals surface area (Å²) in [5.74, 6) is -0.291. The van der Waals surface area contributed by atoms with Gasteiger partial charge in [-0.05, 0) is 30.2 Å². The summed E-state index contributed by atoms with van der Waals surface area (Å²) in [6, 6.07) is 18.6. The van der Waals surface area contributed by atoms with Gasteiger partial charge in [-0.1, -0.05) is 60.7 Å². The maximum absolute atomic E-state index is 13.0. The van der Waals surface area contributed by atoms with Crippen LogP contribution in [0.25, 0.3) is 6.08 Å². The Morgan fingerprint density at radius 1 is 1.19 bits per heavy atom. The first kappa shape index (κ1) is 18.1. The molecule has 0 radical (unpaired) electrons. The average Bonchev–Trinajstić information content (AvgIpc) is 3.07. The summed E-state index contributed by atoms with van der Waals surface area (Å²) in [6.07, 6.45) is 1.96. The fraction of sp³-hybridized carbons (Fsp3) is 0.190. The Labute approximate surface area is 154 Å². The van der Waals surface area contributed by atoms with Crippen LogP contribution in [-0.4, -0.2) is 25.8 Å². The zero-order valence-corrected chi connectivity index (χ0v) is 15.4. The van der Waals surface area contributed by atoms with Crippen molar-refractivity contribution < 1.29 is 8.42 Å². The minimum absolute atomic E-state index is 0.237. The van der Waals surface area contributed by atoms with E-state index in [1.807, 2.05) is 43.3 Å². The molecule has 0 amide bonds. The first-order chi connectivity index (χ1) is 12.4. The molecule has 26 heavy (non-hydrogen) atoms. The van der Waals surface area contributed by atoms with E-state index in [4.69, 9.17) is 0 Å². The highest BCUT2D eigenvalue weighted by atomic mass is 32.2. The van der Waals surface area contributed by atoms with E-state index >= 15 is 0 Å². The number of nitriles is 1. The molecule has 132 valence electrons. The molecule has 1 aliphatic heterocycles. The summed E-state index contributed by atoms with van der Waals surface area (Å²) in [7, 11) is -3.61. The summed E-state index contributed by atoms with van der Waals surface area (Å²) >= 11 is 0. The van der Waals surface area contributed by atoms with Crippen molar-refractivity contribution in [1.29, 1.82) is 5.26 Å². The van der Waals surface area contributed by atoms with Crippen molar-refractivity contribution >= 4 is 16.1 Å². The van der Waals surface area contributed by atoms with Crippen LogP contribution in [0.2, 0.25) is 0 Å². The molecule has 1 saturated heterocycles. The van der Waals surface area contributed by atoms with Gasteiger partial charge in [0.1, 0.15) is 0 Å². The molecule has 0 aromatic heterocycles. The van der Waals surface area contributed by atoms with Crippen LogP contribution in [-0.2, 0) is 10.0 Å². The van der Waals surface area contributed by atoms with Gasteiger partial charge >= 0.3 is 0 Å². The Kier molecular flexibility index (Phi) is 5.08. The highest BCUT2D eigenvalue weighted by molar-refractivity contribution is 7.89. The monoisotopic (exact) mass is 364 g/mol. The van der Waals surface area contributed by atoms with Crippen molar-refractivity contribution in [2.45, 2.75) is 11.8 Å². The van der Waals surface area contributed by atoms with Gasteiger partial charge in [-0.3, -0.25) is 0 Å². The Hall–Kier alpha value is -2.68. The van der Waals surface area contributed by atoms with Crippen LogP contribution in [0.3, 0.4) is 0 Å². The lowest BCUT2D eigenvalue weighted by molar-refractivity contribution is 0.469. The summed E-state index contributed by atoms with van der Waals surface area (Å²) < 4.78 is 27.4. The molecule has 3 rings (SSSR count). The third-order valence-electron chi connectivity index (χ3n) is 4.57. The molecule has 0 N–H and O–H groups in total. The number of nitrogens with zero attached hydrogens (tertiary/aromatic N) is 2. The van der Waals surface area contributed by atoms with Gasteiger partial charge in [-0.15, -0.1) is 0 Å². The molecule has 1 atom stereocenters. The first-order valence-electron chi connectivity index (χ1n) is 8.33. The molecular weight excluding hydrogens is 344 g/mol. The van der Waals surface area contributed by atoms with Gasteiger partial charge in [0.25, 0.3) is 0 Å². The molecule has 0 bridgehead atoms. The molecular formula is C21H20N2O2S. The highest BCUT2D eigenvalue weighted by Crippen LogP contribution is 2.33. The lowest BCUT2D eigenvalue weighted by Gasteiger charge is -2.16. The van der Waals surface area contributed by atoms with E-state index in [1.165, 1.54) is 4.31 Å². The summed E-state index contributed by atoms with van der Waals surface area (Å²) in [6.45, 7) is 6.24. The SMILES string of the molecule is C=C(C#N)C1CN(S(=O)(=O)c2ccc(C)cc2)C/C1=C\c1ccccc1. The number of hydrogen-bond acceptors (Lipinski definition) is 3. The van der Waals surface area contributed by atoms with E-state index in [1.54, 1.807) is 24.3 Å². The minimum atomic E-state index is -3.61. The van der Waals surface area contributed by atoms with E-state index in [9.17, 15) is 13.7 Å². The standard InChI is InChI=1S/C21H20N2O2S/c1-16-8-10-20(11-9-16)26(24,25)23-14-19(21(15-23)17(2)13-22)12-18-6-4-3-5-7-18/h3-12,21H,2,14-15H2,1H3/b19-12+. The number of sulfonamides is 1. The van der Waals surface area contributed by atoms with Gasteiger partial charge in [0.15, 0.2) is 0 Å². The van der Waals surface area contributed by atoms with Gasteiger partial charge < -0.3 is 0 Å². The second-order valence-electron chi connectivity index (χ2n) is 6.43. The Balaban J connectivity index is 1.96. The van der Waals surface area contributed by atoms with Crippen LogP contribution < -0.4 is 0 Å². The number of aryl methyl sites for hydroxylation is 1. The summed E-state index contributed by atoms with van der Waals surface area (Å²) in [5.41, 5.74) is 3.26. The highest BCUT2D eigenvalue weighted by Gasteiger charge is 2.37. The predicted molar refractivity (Wildman–Crippen MR) is 103 cm³/mol. The molecule has 1 fully saturated rings. The zero-order chi connectivity index (χ0) is 18.7. The molecule has 4 nitrogen and oxygen atoms in total. The van der Waals surface area contributed by atoms with Crippen LogP contribution in [0.1, 0.15) is 11.1 Å². The Morgan fingerprint density at radius 2 is 1.85 bits per heavy atom. The second kappa shape index (κ2) is 7.28. The van der Waals surface area contributed by atoms with Crippen molar-refractivity contribution in [1.82, 2.24) is 4.31 Å². The van der Waals surface area contributed by atoms with Crippen LogP contribution in [0.4, 0.5) is 0 Å². The zero-order valence-electron chi connectivity index (χ0n) is 14.6. The first-order valence-corrected chi connectivity index (χ1v) is 9.77. The molecule has 2 aromatic rings. The maximum atomic E-state index is 13.0. The quantitative estimate of drug-likeness (QED) is 0.776. The van der Waals surface area contributed by atoms with Gasteiger partial charge in [-0.2, -0.15) is 9.57 Å². The topological polar surface area (TPSA) is 61.2 Å². The molecule has 0 saturated carbocycles. The average molecular weight is 364 g/mol. The molecule has 1 aliphatic rings. The van der Waals surface area contributed by atoms with E-state index in [-0.39, 0.29) is 23.9 Å². The third kappa shape index (κ3) is 3.62. The third-order valence-corrected chi connectivity index (χ3v) is 6.39. The van der Waals surface area contributed by atoms with E-state index in [2.05, 4.69) is 12.6 Å². The van der Waals surface area contributed by atoms with E-state index in [0.29, 0.717) is 5.57 Å². The van der Waals surface area contributed by atoms with Crippen molar-refractivity contribution in [2.75, 3.05) is 13.1 Å². The van der Waals surface area contributed by atoms with Crippen molar-refractivity contribution in [2.24, 2.45) is 5.92 Å². The van der Waals surface area contributed by atoms with Crippen LogP contribution in [0.5, 0.6) is 0 Å². The summed E-state index contributed by atoms with van der Waals surface area (Å²) in [4.78, 5) is 0.269. The lowest BCUT2D eigenvalue weighted by Crippen LogP contribution is -2.29. The van der Waals surface area contributed by atoms with Crippen LogP contribution in [0.15, 0.2) is 77.2 Å². The van der Waals surface area contributed by atoms with E-state index in [0.717, 1.165) is 16.7 Å². The Morgan fingerprint density at radius 3 is 2.46 bits per heavy atom. The minimum Gasteiger partial charge on any atom is -0.207 e. The number of hydrogen-bond donors (Lipinski definition) is 0. The fourth-order valence-corrected chi connectivity index (χ4v) is 4.51. The molecule has 5 heteroatoms. The molecule has 1 unspecified atom stereocenters. The van der Waals surface area contributed by atoms with Crippen molar-refractivity contribution in [3.05, 3.63) is 83.4 Å². The predicted octanol–water partition coefficient (Wildman–Crippen LogP) is 3.78. The van der Waals surface area contributed by atoms with Gasteiger partial charge in [-0.25, -0.2) is 8.42 Å². The smallest absolute Gasteiger partial charge is 0.207 e. The van der Waals surface area contributed by atoms with Gasteiger partial charge in [0, 0.05) is 24.6 Å². The molecule has 2 aromatic carbocycles.